The maximum absolute atomic E-state index is 10.6. The number of thioether (sulfide) groups is 3. The van der Waals surface area contributed by atoms with Crippen LogP contribution in [0.3, 0.4) is 0 Å². The maximum atomic E-state index is 10.6. The Bertz CT molecular complexity index is 398. The molecule has 1 rings (SSSR count). The minimum absolute atomic E-state index is 0.0361. The lowest BCUT2D eigenvalue weighted by Crippen LogP contribution is -2.24. The molecule has 18 heavy (non-hydrogen) atoms. The molecular formula is C11H15NO3S3. The lowest BCUT2D eigenvalue weighted by atomic mass is 10.1. The van der Waals surface area contributed by atoms with E-state index in [0.29, 0.717) is 5.56 Å². The van der Waals surface area contributed by atoms with Crippen LogP contribution in [0.25, 0.3) is 0 Å². The molecule has 0 saturated heterocycles. The van der Waals surface area contributed by atoms with E-state index in [1.165, 1.54) is 12.1 Å². The van der Waals surface area contributed by atoms with Gasteiger partial charge in [0.1, 0.15) is 9.52 Å². The highest BCUT2D eigenvalue weighted by molar-refractivity contribution is 8.33. The minimum atomic E-state index is -0.682. The summed E-state index contributed by atoms with van der Waals surface area (Å²) in [5, 5.41) is 21.0. The summed E-state index contributed by atoms with van der Waals surface area (Å²) in [7, 11) is 0. The molecule has 1 N–H and O–H groups in total. The van der Waals surface area contributed by atoms with Crippen LogP contribution < -0.4 is 0 Å². The number of nitrogens with zero attached hydrogens (tertiary/aromatic N) is 1. The van der Waals surface area contributed by atoms with Crippen LogP contribution in [0.4, 0.5) is 5.69 Å². The standard InChI is InChI=1S/C11H15NO3S3/c1-16-11(17-2,18-3)10(13)8-4-6-9(7-5-8)12(14)15/h4-7,10,13H,1-3H3. The Balaban J connectivity index is 3.02. The van der Waals surface area contributed by atoms with Crippen molar-refractivity contribution in [1.29, 1.82) is 0 Å². The summed E-state index contributed by atoms with van der Waals surface area (Å²) in [5.74, 6) is 0. The van der Waals surface area contributed by atoms with Crippen LogP contribution in [0, 0.1) is 10.1 Å². The van der Waals surface area contributed by atoms with E-state index in [9.17, 15) is 15.2 Å². The lowest BCUT2D eigenvalue weighted by molar-refractivity contribution is -0.384. The maximum Gasteiger partial charge on any atom is 0.269 e. The molecule has 100 valence electrons. The molecule has 1 unspecified atom stereocenters. The highest BCUT2D eigenvalue weighted by atomic mass is 32.3. The lowest BCUT2D eigenvalue weighted by Gasteiger charge is -2.33. The first kappa shape index (κ1) is 15.7. The third kappa shape index (κ3) is 3.14. The van der Waals surface area contributed by atoms with Gasteiger partial charge in [-0.15, -0.1) is 35.3 Å². The van der Waals surface area contributed by atoms with Gasteiger partial charge in [-0.1, -0.05) is 0 Å². The van der Waals surface area contributed by atoms with E-state index in [1.807, 2.05) is 18.8 Å². The van der Waals surface area contributed by atoms with Gasteiger partial charge in [-0.2, -0.15) is 0 Å². The van der Waals surface area contributed by atoms with E-state index >= 15 is 0 Å². The number of aliphatic hydroxyl groups excluding tert-OH is 1. The molecule has 0 bridgehead atoms. The van der Waals surface area contributed by atoms with E-state index < -0.39 is 14.4 Å². The number of hydrogen-bond acceptors (Lipinski definition) is 6. The van der Waals surface area contributed by atoms with Gasteiger partial charge in [-0.3, -0.25) is 10.1 Å². The molecule has 1 aromatic carbocycles. The summed E-state index contributed by atoms with van der Waals surface area (Å²) in [4.78, 5) is 10.1. The van der Waals surface area contributed by atoms with Crippen LogP contribution in [0.5, 0.6) is 0 Å². The Hall–Kier alpha value is -0.370. The molecular weight excluding hydrogens is 290 g/mol. The van der Waals surface area contributed by atoms with Crippen molar-refractivity contribution in [3.8, 4) is 0 Å². The van der Waals surface area contributed by atoms with Crippen molar-refractivity contribution in [2.24, 2.45) is 0 Å². The molecule has 4 nitrogen and oxygen atoms in total. The van der Waals surface area contributed by atoms with Crippen LogP contribution in [-0.4, -0.2) is 32.2 Å². The fourth-order valence-electron chi connectivity index (χ4n) is 1.57. The zero-order valence-corrected chi connectivity index (χ0v) is 12.8. The first-order valence-electron chi connectivity index (χ1n) is 5.08. The van der Waals surface area contributed by atoms with Crippen molar-refractivity contribution >= 4 is 41.0 Å². The Labute approximate surface area is 119 Å². The number of hydrogen-bond donors (Lipinski definition) is 1. The SMILES string of the molecule is CSC(SC)(SC)C(O)c1ccc([N+](=O)[O-])cc1. The van der Waals surface area contributed by atoms with Crippen molar-refractivity contribution in [2.45, 2.75) is 9.52 Å². The highest BCUT2D eigenvalue weighted by Gasteiger charge is 2.37. The molecule has 0 fully saturated rings. The number of nitro groups is 1. The number of nitro benzene ring substituents is 1. The monoisotopic (exact) mass is 305 g/mol. The smallest absolute Gasteiger partial charge is 0.269 e. The number of non-ortho nitro benzene ring substituents is 1. The third-order valence-electron chi connectivity index (χ3n) is 2.61. The molecule has 1 aromatic rings. The quantitative estimate of drug-likeness (QED) is 0.494. The van der Waals surface area contributed by atoms with Gasteiger partial charge in [0.2, 0.25) is 0 Å². The Kier molecular flexibility index (Phi) is 5.84. The third-order valence-corrected chi connectivity index (χ3v) is 7.98. The molecule has 0 heterocycles. The molecule has 0 aliphatic heterocycles. The van der Waals surface area contributed by atoms with Crippen LogP contribution >= 0.6 is 35.3 Å². The van der Waals surface area contributed by atoms with Gasteiger partial charge < -0.3 is 5.11 Å². The predicted octanol–water partition coefficient (Wildman–Crippen LogP) is 3.37. The molecule has 0 aliphatic rings. The van der Waals surface area contributed by atoms with E-state index in [1.54, 1.807) is 47.4 Å². The highest BCUT2D eigenvalue weighted by Crippen LogP contribution is 2.51. The van der Waals surface area contributed by atoms with Crippen molar-refractivity contribution < 1.29 is 10.0 Å². The van der Waals surface area contributed by atoms with Crippen LogP contribution in [0.15, 0.2) is 24.3 Å². The Morgan fingerprint density at radius 3 is 1.94 bits per heavy atom. The second kappa shape index (κ2) is 6.70. The summed E-state index contributed by atoms with van der Waals surface area (Å²) >= 11 is 4.72. The zero-order valence-electron chi connectivity index (χ0n) is 10.3. The summed E-state index contributed by atoms with van der Waals surface area (Å²) in [6.07, 6.45) is 5.16. The van der Waals surface area contributed by atoms with Crippen molar-refractivity contribution in [3.63, 3.8) is 0 Å². The minimum Gasteiger partial charge on any atom is -0.385 e. The zero-order chi connectivity index (χ0) is 13.8. The molecule has 0 saturated carbocycles. The van der Waals surface area contributed by atoms with E-state index in [4.69, 9.17) is 0 Å². The van der Waals surface area contributed by atoms with Gasteiger partial charge in [0, 0.05) is 12.1 Å². The average Bonchev–Trinajstić information content (AvgIpc) is 2.41. The summed E-state index contributed by atoms with van der Waals surface area (Å²) in [5.41, 5.74) is 0.729. The van der Waals surface area contributed by atoms with Crippen LogP contribution in [-0.2, 0) is 0 Å². The second-order valence-electron chi connectivity index (χ2n) is 3.47. The van der Waals surface area contributed by atoms with Crippen LogP contribution in [0.2, 0.25) is 0 Å². The molecule has 0 aliphatic carbocycles. The normalized spacial score (nSPS) is 13.3. The van der Waals surface area contributed by atoms with E-state index in [2.05, 4.69) is 0 Å². The topological polar surface area (TPSA) is 63.4 Å². The van der Waals surface area contributed by atoms with E-state index in [0.717, 1.165) is 0 Å². The fourth-order valence-corrected chi connectivity index (χ4v) is 4.65. The predicted molar refractivity (Wildman–Crippen MR) is 81.3 cm³/mol. The molecule has 0 radical (unpaired) electrons. The molecule has 1 atom stereocenters. The fraction of sp³-hybridized carbons (Fsp3) is 0.455. The summed E-state index contributed by atoms with van der Waals surface area (Å²) in [6, 6.07) is 6.06. The van der Waals surface area contributed by atoms with Gasteiger partial charge in [-0.25, -0.2) is 0 Å². The molecule has 7 heteroatoms. The van der Waals surface area contributed by atoms with Crippen molar-refractivity contribution in [1.82, 2.24) is 0 Å². The number of rotatable bonds is 6. The molecule has 0 amide bonds. The number of aliphatic hydroxyl groups is 1. The van der Waals surface area contributed by atoms with Crippen LogP contribution in [0.1, 0.15) is 11.7 Å². The van der Waals surface area contributed by atoms with Gasteiger partial charge in [0.15, 0.2) is 0 Å². The molecule has 0 aromatic heterocycles. The summed E-state index contributed by atoms with van der Waals surface area (Å²) < 4.78 is -0.393. The van der Waals surface area contributed by atoms with E-state index in [-0.39, 0.29) is 5.69 Å². The summed E-state index contributed by atoms with van der Waals surface area (Å²) in [6.45, 7) is 0. The first-order chi connectivity index (χ1) is 8.50. The Morgan fingerprint density at radius 2 is 1.61 bits per heavy atom. The van der Waals surface area contributed by atoms with Gasteiger partial charge in [0.05, 0.1) is 4.92 Å². The average molecular weight is 305 g/mol. The molecule has 0 spiro atoms. The van der Waals surface area contributed by atoms with Gasteiger partial charge in [-0.05, 0) is 36.5 Å². The Morgan fingerprint density at radius 1 is 1.17 bits per heavy atom. The van der Waals surface area contributed by atoms with Crippen molar-refractivity contribution in [3.05, 3.63) is 39.9 Å². The van der Waals surface area contributed by atoms with Gasteiger partial charge >= 0.3 is 0 Å². The first-order valence-corrected chi connectivity index (χ1v) is 8.76. The second-order valence-corrected chi connectivity index (χ2v) is 7.40. The largest absolute Gasteiger partial charge is 0.385 e. The number of benzene rings is 1. The van der Waals surface area contributed by atoms with Gasteiger partial charge in [0.25, 0.3) is 5.69 Å². The van der Waals surface area contributed by atoms with Crippen molar-refractivity contribution in [2.75, 3.05) is 18.8 Å².